The minimum absolute atomic E-state index is 0.548. The van der Waals surface area contributed by atoms with Gasteiger partial charge in [0.15, 0.2) is 0 Å². The predicted octanol–water partition coefficient (Wildman–Crippen LogP) is 1.52. The molecule has 3 rings (SSSR count). The maximum absolute atomic E-state index is 9.53. The second kappa shape index (κ2) is 4.29. The molecule has 0 fully saturated rings. The second-order valence-electron chi connectivity index (χ2n) is 4.01. The van der Waals surface area contributed by atoms with Gasteiger partial charge in [-0.1, -0.05) is 42.5 Å². The second-order valence-corrected chi connectivity index (χ2v) is 4.01. The smallest absolute Gasteiger partial charge is 0.407 e. The van der Waals surface area contributed by atoms with E-state index in [1.54, 1.807) is 0 Å². The largest absolute Gasteiger partial charge is 0.593 e. The van der Waals surface area contributed by atoms with Crippen LogP contribution in [0.5, 0.6) is 0 Å². The van der Waals surface area contributed by atoms with Crippen LogP contribution in [-0.4, -0.2) is 26.8 Å². The monoisotopic (exact) mass is 238 g/mol. The van der Waals surface area contributed by atoms with E-state index in [1.807, 2.05) is 54.6 Å². The molecule has 0 atom stereocenters. The summed E-state index contributed by atoms with van der Waals surface area (Å²) < 4.78 is 1.41. The normalized spacial score (nSPS) is 10.8. The van der Waals surface area contributed by atoms with E-state index in [9.17, 15) is 10.0 Å². The zero-order chi connectivity index (χ0) is 12.5. The van der Waals surface area contributed by atoms with Crippen molar-refractivity contribution in [3.8, 4) is 11.4 Å². The molecule has 0 aliphatic heterocycles. The Balaban J connectivity index is 2.32. The Kier molecular flexibility index (Phi) is 2.62. The molecule has 0 aliphatic carbocycles. The van der Waals surface area contributed by atoms with Gasteiger partial charge in [-0.25, -0.2) is 4.98 Å². The Bertz CT molecular complexity index is 680. The third kappa shape index (κ3) is 1.70. The van der Waals surface area contributed by atoms with Gasteiger partial charge in [-0.3, -0.25) is 0 Å². The molecule has 5 heteroatoms. The molecule has 0 saturated carbocycles. The highest BCUT2D eigenvalue weighted by atomic mass is 16.4. The van der Waals surface area contributed by atoms with Crippen LogP contribution in [0.2, 0.25) is 0 Å². The Morgan fingerprint density at radius 2 is 1.56 bits per heavy atom. The van der Waals surface area contributed by atoms with Gasteiger partial charge in [0.1, 0.15) is 5.82 Å². The summed E-state index contributed by atoms with van der Waals surface area (Å²) in [5.74, 6) is 0.548. The van der Waals surface area contributed by atoms with Gasteiger partial charge < -0.3 is 14.5 Å². The molecule has 0 saturated heterocycles. The third-order valence-corrected chi connectivity index (χ3v) is 2.86. The van der Waals surface area contributed by atoms with E-state index in [0.29, 0.717) is 11.3 Å². The average molecular weight is 238 g/mol. The van der Waals surface area contributed by atoms with Crippen LogP contribution in [0.1, 0.15) is 0 Å². The highest BCUT2D eigenvalue weighted by Crippen LogP contribution is 2.24. The molecule has 0 bridgehead atoms. The number of nitrogens with zero attached hydrogens (tertiary/aromatic N) is 2. The maximum atomic E-state index is 9.53. The quantitative estimate of drug-likeness (QED) is 0.665. The fourth-order valence-corrected chi connectivity index (χ4v) is 2.07. The molecule has 0 unspecified atom stereocenters. The highest BCUT2D eigenvalue weighted by molar-refractivity contribution is 6.41. The van der Waals surface area contributed by atoms with Crippen LogP contribution < -0.4 is 0 Å². The SMILES string of the molecule is OB(O)n1c(-c2ccccc2)nc2ccccc21. The first-order valence-electron chi connectivity index (χ1n) is 5.66. The van der Waals surface area contributed by atoms with Crippen molar-refractivity contribution in [1.82, 2.24) is 9.46 Å². The molecule has 2 aromatic carbocycles. The molecule has 0 aliphatic rings. The summed E-state index contributed by atoms with van der Waals surface area (Å²) in [6, 6.07) is 16.8. The van der Waals surface area contributed by atoms with E-state index in [0.717, 1.165) is 11.1 Å². The molecule has 3 aromatic rings. The van der Waals surface area contributed by atoms with Crippen LogP contribution in [0.4, 0.5) is 0 Å². The number of rotatable bonds is 2. The Labute approximate surface area is 104 Å². The van der Waals surface area contributed by atoms with Gasteiger partial charge in [0, 0.05) is 5.56 Å². The van der Waals surface area contributed by atoms with Crippen LogP contribution in [0.3, 0.4) is 0 Å². The zero-order valence-electron chi connectivity index (χ0n) is 9.56. The van der Waals surface area contributed by atoms with Crippen LogP contribution in [0, 0.1) is 0 Å². The van der Waals surface area contributed by atoms with Gasteiger partial charge in [0.2, 0.25) is 0 Å². The summed E-state index contributed by atoms with van der Waals surface area (Å²) in [6.07, 6.45) is 0. The molecule has 1 aromatic heterocycles. The van der Waals surface area contributed by atoms with Crippen molar-refractivity contribution in [3.63, 3.8) is 0 Å². The van der Waals surface area contributed by atoms with Gasteiger partial charge >= 0.3 is 7.25 Å². The summed E-state index contributed by atoms with van der Waals surface area (Å²) in [4.78, 5) is 4.45. The summed E-state index contributed by atoms with van der Waals surface area (Å²) >= 11 is 0. The Hall–Kier alpha value is -2.11. The van der Waals surface area contributed by atoms with E-state index in [2.05, 4.69) is 4.98 Å². The summed E-state index contributed by atoms with van der Waals surface area (Å²) in [6.45, 7) is 0. The standard InChI is InChI=1S/C13H11BN2O2/c17-14(18)16-12-9-5-4-8-11(12)15-13(16)10-6-2-1-3-7-10/h1-9,17-18H. The first kappa shape index (κ1) is 11.0. The average Bonchev–Trinajstić information content (AvgIpc) is 2.79. The van der Waals surface area contributed by atoms with Gasteiger partial charge in [-0.15, -0.1) is 0 Å². The van der Waals surface area contributed by atoms with Crippen LogP contribution >= 0.6 is 0 Å². The lowest BCUT2D eigenvalue weighted by molar-refractivity contribution is 0.394. The number of para-hydroxylation sites is 2. The Morgan fingerprint density at radius 3 is 2.28 bits per heavy atom. The molecular formula is C13H11BN2O2. The van der Waals surface area contributed by atoms with Crippen LogP contribution in [-0.2, 0) is 0 Å². The van der Waals surface area contributed by atoms with Crippen molar-refractivity contribution in [2.45, 2.75) is 0 Å². The minimum Gasteiger partial charge on any atom is -0.407 e. The number of hydrogen-bond acceptors (Lipinski definition) is 3. The molecule has 0 spiro atoms. The predicted molar refractivity (Wildman–Crippen MR) is 70.8 cm³/mol. The van der Waals surface area contributed by atoms with Crippen molar-refractivity contribution in [2.24, 2.45) is 0 Å². The fourth-order valence-electron chi connectivity index (χ4n) is 2.07. The van der Waals surface area contributed by atoms with Crippen LogP contribution in [0.25, 0.3) is 22.4 Å². The Morgan fingerprint density at radius 1 is 0.889 bits per heavy atom. The minimum atomic E-state index is -1.60. The van der Waals surface area contributed by atoms with Gasteiger partial charge in [-0.05, 0) is 12.1 Å². The topological polar surface area (TPSA) is 58.3 Å². The lowest BCUT2D eigenvalue weighted by Crippen LogP contribution is -2.24. The zero-order valence-corrected chi connectivity index (χ0v) is 9.56. The van der Waals surface area contributed by atoms with Gasteiger partial charge in [-0.2, -0.15) is 0 Å². The molecule has 88 valence electrons. The molecular weight excluding hydrogens is 227 g/mol. The van der Waals surface area contributed by atoms with Crippen molar-refractivity contribution in [1.29, 1.82) is 0 Å². The van der Waals surface area contributed by atoms with Crippen molar-refractivity contribution in [2.75, 3.05) is 0 Å². The molecule has 2 N–H and O–H groups in total. The highest BCUT2D eigenvalue weighted by Gasteiger charge is 2.21. The van der Waals surface area contributed by atoms with Crippen molar-refractivity contribution in [3.05, 3.63) is 54.6 Å². The first-order valence-corrected chi connectivity index (χ1v) is 5.66. The number of fused-ring (bicyclic) bond motifs is 1. The van der Waals surface area contributed by atoms with Gasteiger partial charge in [0.25, 0.3) is 0 Å². The number of hydrogen-bond donors (Lipinski definition) is 2. The molecule has 18 heavy (non-hydrogen) atoms. The molecule has 0 amide bonds. The van der Waals surface area contributed by atoms with E-state index >= 15 is 0 Å². The lowest BCUT2D eigenvalue weighted by atomic mass is 10.1. The molecule has 1 heterocycles. The number of aromatic nitrogens is 2. The summed E-state index contributed by atoms with van der Waals surface area (Å²) in [5.41, 5.74) is 2.29. The molecule has 4 nitrogen and oxygen atoms in total. The van der Waals surface area contributed by atoms with Crippen molar-refractivity contribution >= 4 is 18.3 Å². The lowest BCUT2D eigenvalue weighted by Gasteiger charge is -2.07. The van der Waals surface area contributed by atoms with E-state index in [-0.39, 0.29) is 0 Å². The first-order chi connectivity index (χ1) is 8.77. The van der Waals surface area contributed by atoms with E-state index < -0.39 is 7.25 Å². The van der Waals surface area contributed by atoms with E-state index in [1.165, 1.54) is 4.48 Å². The fraction of sp³-hybridized carbons (Fsp3) is 0. The summed E-state index contributed by atoms with van der Waals surface area (Å²) in [5, 5.41) is 19.1. The van der Waals surface area contributed by atoms with Crippen LogP contribution in [0.15, 0.2) is 54.6 Å². The number of benzene rings is 2. The third-order valence-electron chi connectivity index (χ3n) is 2.86. The number of imidazole rings is 1. The summed E-state index contributed by atoms with van der Waals surface area (Å²) in [7, 11) is -1.60. The van der Waals surface area contributed by atoms with E-state index in [4.69, 9.17) is 0 Å². The van der Waals surface area contributed by atoms with Crippen molar-refractivity contribution < 1.29 is 10.0 Å². The maximum Gasteiger partial charge on any atom is 0.593 e. The molecule has 0 radical (unpaired) electrons. The van der Waals surface area contributed by atoms with Gasteiger partial charge in [0.05, 0.1) is 11.0 Å².